The number of amides is 1. The Morgan fingerprint density at radius 3 is 2.42 bits per heavy atom. The van der Waals surface area contributed by atoms with Crippen LogP contribution in [-0.2, 0) is 4.79 Å². The lowest BCUT2D eigenvalue weighted by Crippen LogP contribution is -2.30. The smallest absolute Gasteiger partial charge is 0.271 e. The highest BCUT2D eigenvalue weighted by atomic mass is 35.5. The predicted molar refractivity (Wildman–Crippen MR) is 95.9 cm³/mol. The van der Waals surface area contributed by atoms with Crippen LogP contribution in [0.5, 0.6) is 0 Å². The van der Waals surface area contributed by atoms with E-state index in [1.165, 1.54) is 18.2 Å². The topological polar surface area (TPSA) is 75.5 Å². The van der Waals surface area contributed by atoms with E-state index < -0.39 is 4.92 Å². The minimum atomic E-state index is -0.511. The maximum Gasteiger partial charge on any atom is 0.271 e. The molecule has 1 N–H and O–H groups in total. The van der Waals surface area contributed by atoms with Crippen molar-refractivity contribution in [2.24, 2.45) is 0 Å². The first-order chi connectivity index (χ1) is 11.3. The molecule has 0 spiro atoms. The summed E-state index contributed by atoms with van der Waals surface area (Å²) in [5.41, 5.74) is 3.24. The summed E-state index contributed by atoms with van der Waals surface area (Å²) >= 11 is 6.08. The number of anilines is 2. The molecule has 6 nitrogen and oxygen atoms in total. The fourth-order valence-electron chi connectivity index (χ4n) is 2.41. The first-order valence-electron chi connectivity index (χ1n) is 7.30. The Labute approximate surface area is 145 Å². The lowest BCUT2D eigenvalue weighted by atomic mass is 10.1. The molecule has 2 aromatic rings. The van der Waals surface area contributed by atoms with Gasteiger partial charge in [0, 0.05) is 24.9 Å². The van der Waals surface area contributed by atoms with Crippen LogP contribution < -0.4 is 10.2 Å². The molecule has 0 heterocycles. The Morgan fingerprint density at radius 2 is 1.88 bits per heavy atom. The van der Waals surface area contributed by atoms with E-state index in [0.717, 1.165) is 16.8 Å². The van der Waals surface area contributed by atoms with Gasteiger partial charge >= 0.3 is 0 Å². The minimum Gasteiger partial charge on any atom is -0.364 e. The van der Waals surface area contributed by atoms with Gasteiger partial charge in [0.05, 0.1) is 22.2 Å². The number of hydrogen-bond acceptors (Lipinski definition) is 4. The molecule has 0 radical (unpaired) electrons. The molecular weight excluding hydrogens is 330 g/mol. The number of aryl methyl sites for hydroxylation is 2. The lowest BCUT2D eigenvalue weighted by molar-refractivity contribution is -0.384. The van der Waals surface area contributed by atoms with Crippen LogP contribution in [0.2, 0.25) is 5.02 Å². The molecule has 0 aliphatic rings. The number of benzene rings is 2. The van der Waals surface area contributed by atoms with Gasteiger partial charge in [-0.15, -0.1) is 0 Å². The molecule has 0 aliphatic carbocycles. The number of nitro groups is 1. The molecular formula is C17H18ClN3O3. The van der Waals surface area contributed by atoms with Gasteiger partial charge in [-0.05, 0) is 31.0 Å². The van der Waals surface area contributed by atoms with E-state index in [1.807, 2.05) is 32.0 Å². The molecule has 7 heteroatoms. The number of carbonyl (C=O) groups is 1. The maximum absolute atomic E-state index is 12.3. The van der Waals surface area contributed by atoms with Gasteiger partial charge in [0.2, 0.25) is 5.91 Å². The second kappa shape index (κ2) is 7.31. The van der Waals surface area contributed by atoms with Crippen molar-refractivity contribution in [3.05, 3.63) is 62.7 Å². The number of hydrogen-bond donors (Lipinski definition) is 1. The molecule has 0 aliphatic heterocycles. The van der Waals surface area contributed by atoms with Crippen LogP contribution in [0.3, 0.4) is 0 Å². The van der Waals surface area contributed by atoms with Crippen molar-refractivity contribution in [2.45, 2.75) is 13.8 Å². The van der Waals surface area contributed by atoms with Gasteiger partial charge < -0.3 is 10.2 Å². The van der Waals surface area contributed by atoms with E-state index in [9.17, 15) is 14.9 Å². The highest BCUT2D eigenvalue weighted by molar-refractivity contribution is 6.33. The number of halogens is 1. The molecule has 0 saturated heterocycles. The summed E-state index contributed by atoms with van der Waals surface area (Å²) < 4.78 is 0. The van der Waals surface area contributed by atoms with Gasteiger partial charge in [0.25, 0.3) is 5.69 Å². The van der Waals surface area contributed by atoms with Crippen molar-refractivity contribution >= 4 is 34.6 Å². The molecule has 24 heavy (non-hydrogen) atoms. The van der Waals surface area contributed by atoms with Crippen molar-refractivity contribution < 1.29 is 9.72 Å². The highest BCUT2D eigenvalue weighted by Crippen LogP contribution is 2.29. The first kappa shape index (κ1) is 17.7. The molecule has 0 atom stereocenters. The fourth-order valence-corrected chi connectivity index (χ4v) is 2.73. The van der Waals surface area contributed by atoms with Gasteiger partial charge in [-0.3, -0.25) is 14.9 Å². The normalized spacial score (nSPS) is 10.3. The average Bonchev–Trinajstić information content (AvgIpc) is 2.50. The van der Waals surface area contributed by atoms with Gasteiger partial charge in [-0.25, -0.2) is 0 Å². The number of nitrogens with zero attached hydrogens (tertiary/aromatic N) is 2. The van der Waals surface area contributed by atoms with E-state index in [4.69, 9.17) is 11.6 Å². The SMILES string of the molecule is Cc1cccc(C)c1NC(=O)CN(C)c1ccc([N+](=O)[O-])cc1Cl. The number of carbonyl (C=O) groups excluding carboxylic acids is 1. The number of likely N-dealkylation sites (N-methyl/N-ethyl adjacent to an activating group) is 1. The number of nitrogens with one attached hydrogen (secondary N) is 1. The minimum absolute atomic E-state index is 0.0747. The number of rotatable bonds is 5. The zero-order valence-electron chi connectivity index (χ0n) is 13.7. The molecule has 0 saturated carbocycles. The van der Waals surface area contributed by atoms with Crippen molar-refractivity contribution in [1.82, 2.24) is 0 Å². The Bertz CT molecular complexity index is 772. The van der Waals surface area contributed by atoms with Crippen LogP contribution >= 0.6 is 11.6 Å². The predicted octanol–water partition coefficient (Wildman–Crippen LogP) is 3.94. The van der Waals surface area contributed by atoms with Gasteiger partial charge in [0.1, 0.15) is 0 Å². The number of para-hydroxylation sites is 1. The summed E-state index contributed by atoms with van der Waals surface area (Å²) in [4.78, 5) is 24.2. The van der Waals surface area contributed by atoms with E-state index in [0.29, 0.717) is 5.69 Å². The van der Waals surface area contributed by atoms with Crippen LogP contribution in [-0.4, -0.2) is 24.4 Å². The fraction of sp³-hybridized carbons (Fsp3) is 0.235. The molecule has 126 valence electrons. The third kappa shape index (κ3) is 4.02. The molecule has 0 unspecified atom stereocenters. The highest BCUT2D eigenvalue weighted by Gasteiger charge is 2.15. The summed E-state index contributed by atoms with van der Waals surface area (Å²) in [5, 5.41) is 13.9. The number of non-ortho nitro benzene ring substituents is 1. The zero-order valence-corrected chi connectivity index (χ0v) is 14.4. The lowest BCUT2D eigenvalue weighted by Gasteiger charge is -2.20. The monoisotopic (exact) mass is 347 g/mol. The van der Waals surface area contributed by atoms with Crippen LogP contribution in [0, 0.1) is 24.0 Å². The molecule has 0 fully saturated rings. The van der Waals surface area contributed by atoms with Gasteiger partial charge in [-0.2, -0.15) is 0 Å². The van der Waals surface area contributed by atoms with E-state index >= 15 is 0 Å². The van der Waals surface area contributed by atoms with Crippen molar-refractivity contribution in [2.75, 3.05) is 23.8 Å². The summed E-state index contributed by atoms with van der Waals surface area (Å²) in [6, 6.07) is 9.97. The molecule has 0 aromatic heterocycles. The van der Waals surface area contributed by atoms with Crippen LogP contribution in [0.4, 0.5) is 17.1 Å². The molecule has 0 bridgehead atoms. The maximum atomic E-state index is 12.3. The second-order valence-electron chi connectivity index (χ2n) is 5.56. The van der Waals surface area contributed by atoms with Gasteiger partial charge in [-0.1, -0.05) is 29.8 Å². The van der Waals surface area contributed by atoms with Crippen LogP contribution in [0.15, 0.2) is 36.4 Å². The summed E-state index contributed by atoms with van der Waals surface area (Å²) in [5.74, 6) is -0.190. The zero-order chi connectivity index (χ0) is 17.9. The Kier molecular flexibility index (Phi) is 5.41. The van der Waals surface area contributed by atoms with E-state index in [-0.39, 0.29) is 23.2 Å². The third-order valence-electron chi connectivity index (χ3n) is 3.68. The second-order valence-corrected chi connectivity index (χ2v) is 5.97. The first-order valence-corrected chi connectivity index (χ1v) is 7.68. The Morgan fingerprint density at radius 1 is 1.25 bits per heavy atom. The standard InChI is InChI=1S/C17H18ClN3O3/c1-11-5-4-6-12(2)17(11)19-16(22)10-20(3)15-8-7-13(21(23)24)9-14(15)18/h4-9H,10H2,1-3H3,(H,19,22). The molecule has 2 rings (SSSR count). The Hall–Kier alpha value is -2.60. The summed E-state index contributed by atoms with van der Waals surface area (Å²) in [6.07, 6.45) is 0. The van der Waals surface area contributed by atoms with Crippen molar-refractivity contribution in [3.8, 4) is 0 Å². The molecule has 1 amide bonds. The third-order valence-corrected chi connectivity index (χ3v) is 3.98. The summed E-state index contributed by atoms with van der Waals surface area (Å²) in [6.45, 7) is 3.93. The number of nitro benzene ring substituents is 1. The van der Waals surface area contributed by atoms with Crippen LogP contribution in [0.1, 0.15) is 11.1 Å². The Balaban J connectivity index is 2.10. The molecule has 2 aromatic carbocycles. The quantitative estimate of drug-likeness (QED) is 0.656. The van der Waals surface area contributed by atoms with E-state index in [2.05, 4.69) is 5.32 Å². The van der Waals surface area contributed by atoms with Crippen molar-refractivity contribution in [1.29, 1.82) is 0 Å². The summed E-state index contributed by atoms with van der Waals surface area (Å²) in [7, 11) is 1.71. The average molecular weight is 348 g/mol. The van der Waals surface area contributed by atoms with Gasteiger partial charge in [0.15, 0.2) is 0 Å². The van der Waals surface area contributed by atoms with E-state index in [1.54, 1.807) is 11.9 Å². The van der Waals surface area contributed by atoms with Crippen LogP contribution in [0.25, 0.3) is 0 Å². The largest absolute Gasteiger partial charge is 0.364 e. The van der Waals surface area contributed by atoms with Crippen molar-refractivity contribution in [3.63, 3.8) is 0 Å².